The second-order valence-corrected chi connectivity index (χ2v) is 4.39. The van der Waals surface area contributed by atoms with Gasteiger partial charge in [0.15, 0.2) is 0 Å². The van der Waals surface area contributed by atoms with Crippen LogP contribution in [0.1, 0.15) is 41.0 Å². The summed E-state index contributed by atoms with van der Waals surface area (Å²) in [7, 11) is 0. The monoisotopic (exact) mass is 199 g/mol. The first-order valence-corrected chi connectivity index (χ1v) is 5.01. The molecule has 0 saturated carbocycles. The molecule has 1 atom stereocenters. The molecule has 1 unspecified atom stereocenters. The number of alkyl carbamates (subject to hydrolysis) is 1. The Bertz CT molecular complexity index is 204. The van der Waals surface area contributed by atoms with E-state index >= 15 is 0 Å². The van der Waals surface area contributed by atoms with Gasteiger partial charge in [-0.2, -0.15) is 0 Å². The molecule has 0 radical (unpaired) electrons. The van der Waals surface area contributed by atoms with E-state index in [1.165, 1.54) is 0 Å². The van der Waals surface area contributed by atoms with E-state index in [2.05, 4.69) is 19.2 Å². The minimum Gasteiger partial charge on any atom is -0.444 e. The van der Waals surface area contributed by atoms with Crippen LogP contribution < -0.4 is 5.32 Å². The molecule has 0 aliphatic heterocycles. The van der Waals surface area contributed by atoms with Gasteiger partial charge in [-0.1, -0.05) is 26.3 Å². The first-order chi connectivity index (χ1) is 6.35. The molecule has 14 heavy (non-hydrogen) atoms. The first kappa shape index (κ1) is 13.0. The number of hydrogen-bond acceptors (Lipinski definition) is 2. The van der Waals surface area contributed by atoms with Crippen LogP contribution in [0.15, 0.2) is 12.3 Å². The third kappa shape index (κ3) is 7.65. The van der Waals surface area contributed by atoms with Gasteiger partial charge < -0.3 is 4.74 Å². The first-order valence-electron chi connectivity index (χ1n) is 5.01. The second kappa shape index (κ2) is 5.68. The van der Waals surface area contributed by atoms with E-state index in [0.717, 1.165) is 6.42 Å². The van der Waals surface area contributed by atoms with E-state index in [0.29, 0.717) is 5.92 Å². The molecule has 0 bridgehead atoms. The Hall–Kier alpha value is -0.990. The van der Waals surface area contributed by atoms with Crippen molar-refractivity contribution in [3.8, 4) is 0 Å². The van der Waals surface area contributed by atoms with Gasteiger partial charge in [-0.25, -0.2) is 4.79 Å². The Morgan fingerprint density at radius 3 is 2.50 bits per heavy atom. The van der Waals surface area contributed by atoms with Crippen molar-refractivity contribution in [2.75, 3.05) is 0 Å². The number of carbonyl (C=O) groups excluding carboxylic acids is 1. The third-order valence-corrected chi connectivity index (χ3v) is 1.67. The van der Waals surface area contributed by atoms with Crippen molar-refractivity contribution in [3.05, 3.63) is 12.3 Å². The standard InChI is InChI=1S/C11H21NO2/c1-6-9(2)7-8-12-10(13)14-11(3,4)5/h7-9H,6H2,1-5H3,(H,12,13)/b8-7+. The van der Waals surface area contributed by atoms with Crippen LogP contribution >= 0.6 is 0 Å². The summed E-state index contributed by atoms with van der Waals surface area (Å²) >= 11 is 0. The molecule has 0 heterocycles. The van der Waals surface area contributed by atoms with Gasteiger partial charge in [0.25, 0.3) is 0 Å². The number of allylic oxidation sites excluding steroid dienone is 1. The maximum atomic E-state index is 11.1. The van der Waals surface area contributed by atoms with E-state index in [9.17, 15) is 4.79 Å². The average Bonchev–Trinajstić information content (AvgIpc) is 2.00. The van der Waals surface area contributed by atoms with Gasteiger partial charge in [0.1, 0.15) is 5.60 Å². The average molecular weight is 199 g/mol. The van der Waals surface area contributed by atoms with Crippen LogP contribution in [0, 0.1) is 5.92 Å². The maximum absolute atomic E-state index is 11.1. The summed E-state index contributed by atoms with van der Waals surface area (Å²) in [6.45, 7) is 9.71. The summed E-state index contributed by atoms with van der Waals surface area (Å²) < 4.78 is 5.05. The predicted octanol–water partition coefficient (Wildman–Crippen LogP) is 3.07. The highest BCUT2D eigenvalue weighted by molar-refractivity contribution is 5.68. The lowest BCUT2D eigenvalue weighted by molar-refractivity contribution is 0.0552. The molecule has 0 aromatic carbocycles. The van der Waals surface area contributed by atoms with E-state index in [1.807, 2.05) is 26.8 Å². The van der Waals surface area contributed by atoms with Crippen molar-refractivity contribution < 1.29 is 9.53 Å². The molecule has 1 N–H and O–H groups in total. The Morgan fingerprint density at radius 2 is 2.07 bits per heavy atom. The van der Waals surface area contributed by atoms with Crippen LogP contribution in [0.4, 0.5) is 4.79 Å². The van der Waals surface area contributed by atoms with Gasteiger partial charge >= 0.3 is 6.09 Å². The Labute approximate surface area is 86.5 Å². The number of ether oxygens (including phenoxy) is 1. The Morgan fingerprint density at radius 1 is 1.50 bits per heavy atom. The minimum atomic E-state index is -0.436. The summed E-state index contributed by atoms with van der Waals surface area (Å²) in [6.07, 6.45) is 4.25. The highest BCUT2D eigenvalue weighted by atomic mass is 16.6. The second-order valence-electron chi connectivity index (χ2n) is 4.39. The zero-order chi connectivity index (χ0) is 11.2. The van der Waals surface area contributed by atoms with Crippen LogP contribution in [0.25, 0.3) is 0 Å². The predicted molar refractivity (Wildman–Crippen MR) is 58.0 cm³/mol. The number of rotatable bonds is 3. The normalized spacial score (nSPS) is 14.1. The summed E-state index contributed by atoms with van der Waals surface area (Å²) in [5.74, 6) is 0.477. The van der Waals surface area contributed by atoms with Crippen molar-refractivity contribution in [1.82, 2.24) is 5.32 Å². The lowest BCUT2D eigenvalue weighted by atomic mass is 10.1. The summed E-state index contributed by atoms with van der Waals surface area (Å²) in [4.78, 5) is 11.1. The fraction of sp³-hybridized carbons (Fsp3) is 0.727. The molecule has 0 fully saturated rings. The van der Waals surface area contributed by atoms with Crippen LogP contribution in [0.2, 0.25) is 0 Å². The Kier molecular flexibility index (Phi) is 5.28. The SMILES string of the molecule is CCC(C)/C=C/NC(=O)OC(C)(C)C. The van der Waals surface area contributed by atoms with Crippen LogP contribution in [0.3, 0.4) is 0 Å². The number of hydrogen-bond donors (Lipinski definition) is 1. The van der Waals surface area contributed by atoms with Crippen LogP contribution in [-0.2, 0) is 4.74 Å². The molecule has 0 aliphatic rings. The van der Waals surface area contributed by atoms with Crippen molar-refractivity contribution in [1.29, 1.82) is 0 Å². The molecule has 3 heteroatoms. The molecule has 0 aromatic rings. The van der Waals surface area contributed by atoms with E-state index in [4.69, 9.17) is 4.74 Å². The zero-order valence-corrected chi connectivity index (χ0v) is 9.76. The molecular weight excluding hydrogens is 178 g/mol. The molecule has 0 spiro atoms. The van der Waals surface area contributed by atoms with Gasteiger partial charge in [-0.15, -0.1) is 0 Å². The van der Waals surface area contributed by atoms with Gasteiger partial charge in [0.05, 0.1) is 0 Å². The van der Waals surface area contributed by atoms with Gasteiger partial charge in [-0.3, -0.25) is 5.32 Å². The molecule has 0 aromatic heterocycles. The minimum absolute atomic E-state index is 0.406. The van der Waals surface area contributed by atoms with Crippen LogP contribution in [0.5, 0.6) is 0 Å². The molecule has 0 saturated heterocycles. The van der Waals surface area contributed by atoms with Gasteiger partial charge in [0.2, 0.25) is 0 Å². The highest BCUT2D eigenvalue weighted by Gasteiger charge is 2.14. The van der Waals surface area contributed by atoms with Crippen molar-refractivity contribution in [2.45, 2.75) is 46.6 Å². The molecule has 82 valence electrons. The van der Waals surface area contributed by atoms with Crippen molar-refractivity contribution in [2.24, 2.45) is 5.92 Å². The summed E-state index contributed by atoms with van der Waals surface area (Å²) in [5, 5.41) is 2.56. The number of amides is 1. The summed E-state index contributed by atoms with van der Waals surface area (Å²) in [6, 6.07) is 0. The molecule has 0 rings (SSSR count). The van der Waals surface area contributed by atoms with E-state index in [1.54, 1.807) is 6.20 Å². The fourth-order valence-electron chi connectivity index (χ4n) is 0.724. The molecule has 3 nitrogen and oxygen atoms in total. The Balaban J connectivity index is 3.80. The number of nitrogens with one attached hydrogen (secondary N) is 1. The fourth-order valence-corrected chi connectivity index (χ4v) is 0.724. The maximum Gasteiger partial charge on any atom is 0.411 e. The quantitative estimate of drug-likeness (QED) is 0.758. The third-order valence-electron chi connectivity index (χ3n) is 1.67. The molecule has 1 amide bonds. The van der Waals surface area contributed by atoms with Crippen molar-refractivity contribution in [3.63, 3.8) is 0 Å². The topological polar surface area (TPSA) is 38.3 Å². The molecular formula is C11H21NO2. The van der Waals surface area contributed by atoms with Gasteiger partial charge in [0, 0.05) is 6.20 Å². The van der Waals surface area contributed by atoms with Crippen molar-refractivity contribution >= 4 is 6.09 Å². The van der Waals surface area contributed by atoms with E-state index < -0.39 is 11.7 Å². The zero-order valence-electron chi connectivity index (χ0n) is 9.76. The lowest BCUT2D eigenvalue weighted by Gasteiger charge is -2.18. The largest absolute Gasteiger partial charge is 0.444 e. The summed E-state index contributed by atoms with van der Waals surface area (Å²) in [5.41, 5.74) is -0.436. The highest BCUT2D eigenvalue weighted by Crippen LogP contribution is 2.06. The smallest absolute Gasteiger partial charge is 0.411 e. The van der Waals surface area contributed by atoms with Crippen LogP contribution in [-0.4, -0.2) is 11.7 Å². The van der Waals surface area contributed by atoms with Gasteiger partial charge in [-0.05, 0) is 26.7 Å². The molecule has 0 aliphatic carbocycles. The van der Waals surface area contributed by atoms with E-state index in [-0.39, 0.29) is 0 Å². The number of carbonyl (C=O) groups is 1. The lowest BCUT2D eigenvalue weighted by Crippen LogP contribution is -2.29.